The van der Waals surface area contributed by atoms with Crippen molar-refractivity contribution < 1.29 is 14.2 Å². The smallest absolute Gasteiger partial charge is 0.229 e. The summed E-state index contributed by atoms with van der Waals surface area (Å²) < 4.78 is 16.4. The Kier molecular flexibility index (Phi) is 7.10. The summed E-state index contributed by atoms with van der Waals surface area (Å²) >= 11 is 0. The normalized spacial score (nSPS) is 16.2. The van der Waals surface area contributed by atoms with Gasteiger partial charge in [-0.2, -0.15) is 9.97 Å². The summed E-state index contributed by atoms with van der Waals surface area (Å²) in [7, 11) is 3.53. The SMILES string of the molecule is COc1cccc(N(C)c2ccnc(Nc3cc(N4CCOCC4)cc(N4CCOCC4)c3)n2)n1. The van der Waals surface area contributed by atoms with Gasteiger partial charge >= 0.3 is 0 Å². The molecule has 10 heteroatoms. The number of aromatic nitrogens is 3. The molecule has 1 N–H and O–H groups in total. The zero-order valence-corrected chi connectivity index (χ0v) is 20.2. The van der Waals surface area contributed by atoms with Crippen LogP contribution in [0.5, 0.6) is 5.88 Å². The summed E-state index contributed by atoms with van der Waals surface area (Å²) in [4.78, 5) is 20.3. The van der Waals surface area contributed by atoms with Gasteiger partial charge in [0.1, 0.15) is 11.6 Å². The third-order valence-electron chi connectivity index (χ3n) is 6.16. The number of nitrogens with zero attached hydrogens (tertiary/aromatic N) is 6. The average molecular weight is 478 g/mol. The molecule has 0 aliphatic carbocycles. The first kappa shape index (κ1) is 23.1. The first-order chi connectivity index (χ1) is 17.2. The van der Waals surface area contributed by atoms with Crippen molar-refractivity contribution in [1.29, 1.82) is 0 Å². The molecule has 4 heterocycles. The minimum absolute atomic E-state index is 0.518. The maximum atomic E-state index is 5.56. The molecule has 5 rings (SSSR count). The molecule has 0 saturated carbocycles. The van der Waals surface area contributed by atoms with Crippen molar-refractivity contribution in [2.75, 3.05) is 86.8 Å². The number of benzene rings is 1. The van der Waals surface area contributed by atoms with E-state index >= 15 is 0 Å². The predicted octanol–water partition coefficient (Wildman–Crippen LogP) is 3.06. The summed E-state index contributed by atoms with van der Waals surface area (Å²) in [5.41, 5.74) is 3.26. The van der Waals surface area contributed by atoms with Crippen molar-refractivity contribution in [3.8, 4) is 5.88 Å². The molecular formula is C25H31N7O3. The van der Waals surface area contributed by atoms with E-state index in [1.807, 2.05) is 36.2 Å². The lowest BCUT2D eigenvalue weighted by molar-refractivity contribution is 0.122. The largest absolute Gasteiger partial charge is 0.481 e. The van der Waals surface area contributed by atoms with Crippen molar-refractivity contribution in [3.63, 3.8) is 0 Å². The maximum Gasteiger partial charge on any atom is 0.229 e. The lowest BCUT2D eigenvalue weighted by atomic mass is 10.2. The summed E-state index contributed by atoms with van der Waals surface area (Å²) in [5.74, 6) is 2.53. The first-order valence-electron chi connectivity index (χ1n) is 11.8. The molecule has 35 heavy (non-hydrogen) atoms. The number of pyridine rings is 1. The van der Waals surface area contributed by atoms with Crippen molar-refractivity contribution in [3.05, 3.63) is 48.7 Å². The Hall–Kier alpha value is -3.63. The number of hydrogen-bond donors (Lipinski definition) is 1. The van der Waals surface area contributed by atoms with E-state index in [2.05, 4.69) is 43.3 Å². The Balaban J connectivity index is 1.41. The number of ether oxygens (including phenoxy) is 3. The molecule has 0 bridgehead atoms. The molecule has 10 nitrogen and oxygen atoms in total. The standard InChI is InChI=1S/C25H31N7O3/c1-30(22-4-3-5-24(28-22)33-2)23-6-7-26-25(29-23)27-19-16-20(31-8-12-34-13-9-31)18-21(17-19)32-10-14-35-15-11-32/h3-7,16-18H,8-15H2,1-2H3,(H,26,27,29). The zero-order chi connectivity index (χ0) is 24.0. The molecule has 0 spiro atoms. The van der Waals surface area contributed by atoms with Gasteiger partial charge in [0.25, 0.3) is 0 Å². The summed E-state index contributed by atoms with van der Waals surface area (Å²) in [6.07, 6.45) is 1.75. The molecule has 0 atom stereocenters. The molecule has 0 radical (unpaired) electrons. The van der Waals surface area contributed by atoms with Crippen LogP contribution in [0.3, 0.4) is 0 Å². The van der Waals surface area contributed by atoms with Crippen molar-refractivity contribution in [2.24, 2.45) is 0 Å². The monoisotopic (exact) mass is 477 g/mol. The van der Waals surface area contributed by atoms with Crippen LogP contribution in [0.25, 0.3) is 0 Å². The second-order valence-electron chi connectivity index (χ2n) is 8.40. The molecule has 2 aliphatic heterocycles. The fourth-order valence-electron chi connectivity index (χ4n) is 4.22. The number of rotatable bonds is 7. The second kappa shape index (κ2) is 10.7. The lowest BCUT2D eigenvalue weighted by Gasteiger charge is -2.33. The topological polar surface area (TPSA) is 88.1 Å². The number of nitrogens with one attached hydrogen (secondary N) is 1. The molecule has 2 fully saturated rings. The molecule has 0 amide bonds. The van der Waals surface area contributed by atoms with Gasteiger partial charge in [-0.1, -0.05) is 6.07 Å². The Labute approximate surface area is 205 Å². The lowest BCUT2D eigenvalue weighted by Crippen LogP contribution is -2.38. The average Bonchev–Trinajstić information content (AvgIpc) is 2.93. The van der Waals surface area contributed by atoms with Gasteiger partial charge in [-0.25, -0.2) is 4.98 Å². The molecular weight excluding hydrogens is 446 g/mol. The first-order valence-corrected chi connectivity index (χ1v) is 11.8. The van der Waals surface area contributed by atoms with Crippen LogP contribution in [0.2, 0.25) is 0 Å². The maximum absolute atomic E-state index is 5.56. The van der Waals surface area contributed by atoms with Gasteiger partial charge in [-0.3, -0.25) is 0 Å². The highest BCUT2D eigenvalue weighted by Gasteiger charge is 2.18. The summed E-state index contributed by atoms with van der Waals surface area (Å²) in [6, 6.07) is 14.0. The fourth-order valence-corrected chi connectivity index (χ4v) is 4.22. The second-order valence-corrected chi connectivity index (χ2v) is 8.40. The highest BCUT2D eigenvalue weighted by Crippen LogP contribution is 2.31. The predicted molar refractivity (Wildman–Crippen MR) is 137 cm³/mol. The third-order valence-corrected chi connectivity index (χ3v) is 6.16. The van der Waals surface area contributed by atoms with Crippen LogP contribution < -0.4 is 24.8 Å². The quantitative estimate of drug-likeness (QED) is 0.548. The van der Waals surface area contributed by atoms with Gasteiger partial charge in [-0.05, 0) is 30.3 Å². The van der Waals surface area contributed by atoms with Crippen LogP contribution in [-0.4, -0.2) is 81.7 Å². The minimum Gasteiger partial charge on any atom is -0.481 e. The Morgan fingerprint density at radius 1 is 0.857 bits per heavy atom. The van der Waals surface area contributed by atoms with E-state index in [1.165, 1.54) is 0 Å². The number of hydrogen-bond acceptors (Lipinski definition) is 10. The van der Waals surface area contributed by atoms with Crippen LogP contribution in [0.4, 0.5) is 34.6 Å². The van der Waals surface area contributed by atoms with E-state index in [0.717, 1.165) is 81.3 Å². The number of morpholine rings is 2. The van der Waals surface area contributed by atoms with Crippen molar-refractivity contribution in [1.82, 2.24) is 15.0 Å². The number of methoxy groups -OCH3 is 1. The van der Waals surface area contributed by atoms with E-state index in [4.69, 9.17) is 19.2 Å². The van der Waals surface area contributed by atoms with Crippen molar-refractivity contribution in [2.45, 2.75) is 0 Å². The third kappa shape index (κ3) is 5.55. The molecule has 2 aromatic heterocycles. The van der Waals surface area contributed by atoms with Gasteiger partial charge < -0.3 is 34.2 Å². The summed E-state index contributed by atoms with van der Waals surface area (Å²) in [6.45, 7) is 6.43. The van der Waals surface area contributed by atoms with E-state index in [0.29, 0.717) is 11.8 Å². The van der Waals surface area contributed by atoms with Gasteiger partial charge in [-0.15, -0.1) is 0 Å². The van der Waals surface area contributed by atoms with E-state index < -0.39 is 0 Å². The Morgan fingerprint density at radius 2 is 1.49 bits per heavy atom. The molecule has 2 saturated heterocycles. The van der Waals surface area contributed by atoms with Crippen LogP contribution in [0.1, 0.15) is 0 Å². The minimum atomic E-state index is 0.518. The van der Waals surface area contributed by atoms with Crippen molar-refractivity contribution >= 4 is 34.6 Å². The number of anilines is 6. The van der Waals surface area contributed by atoms with Gasteiger partial charge in [0, 0.05) is 62.6 Å². The van der Waals surface area contributed by atoms with Gasteiger partial charge in [0.15, 0.2) is 0 Å². The Bertz CT molecular complexity index is 1100. The van der Waals surface area contributed by atoms with E-state index in [-0.39, 0.29) is 0 Å². The molecule has 1 aromatic carbocycles. The van der Waals surface area contributed by atoms with Crippen LogP contribution in [0, 0.1) is 0 Å². The molecule has 2 aliphatic rings. The highest BCUT2D eigenvalue weighted by atomic mass is 16.5. The van der Waals surface area contributed by atoms with Crippen LogP contribution in [0.15, 0.2) is 48.7 Å². The fraction of sp³-hybridized carbons (Fsp3) is 0.400. The van der Waals surface area contributed by atoms with Crippen LogP contribution >= 0.6 is 0 Å². The molecule has 3 aromatic rings. The van der Waals surface area contributed by atoms with E-state index in [1.54, 1.807) is 13.3 Å². The Morgan fingerprint density at radius 3 is 2.11 bits per heavy atom. The molecule has 0 unspecified atom stereocenters. The van der Waals surface area contributed by atoms with Gasteiger partial charge in [0.05, 0.1) is 33.5 Å². The summed E-state index contributed by atoms with van der Waals surface area (Å²) in [5, 5.41) is 3.42. The highest BCUT2D eigenvalue weighted by molar-refractivity contribution is 5.71. The van der Waals surface area contributed by atoms with Crippen LogP contribution in [-0.2, 0) is 9.47 Å². The molecule has 184 valence electrons. The zero-order valence-electron chi connectivity index (χ0n) is 20.2. The van der Waals surface area contributed by atoms with Gasteiger partial charge in [0.2, 0.25) is 11.8 Å². The van der Waals surface area contributed by atoms with E-state index in [9.17, 15) is 0 Å².